The van der Waals surface area contributed by atoms with Gasteiger partial charge in [-0.05, 0) is 97.7 Å². The van der Waals surface area contributed by atoms with Gasteiger partial charge in [0.2, 0.25) is 6.10 Å². The van der Waals surface area contributed by atoms with Gasteiger partial charge in [-0.25, -0.2) is 4.79 Å². The Morgan fingerprint density at radius 3 is 2.46 bits per heavy atom. The van der Waals surface area contributed by atoms with E-state index in [2.05, 4.69) is 40.7 Å². The number of aliphatic hydroxyl groups excluding tert-OH is 1. The summed E-state index contributed by atoms with van der Waals surface area (Å²) < 4.78 is 16.1. The van der Waals surface area contributed by atoms with Gasteiger partial charge in [-0.1, -0.05) is 46.3 Å². The number of rotatable bonds is 6. The van der Waals surface area contributed by atoms with E-state index in [0.717, 1.165) is 51.4 Å². The van der Waals surface area contributed by atoms with Crippen LogP contribution in [0.2, 0.25) is 0 Å². The minimum absolute atomic E-state index is 0.0384. The first kappa shape index (κ1) is 29.3. The molecular weight excluding hydrogens is 492 g/mol. The van der Waals surface area contributed by atoms with Crippen LogP contribution in [0, 0.1) is 51.2 Å². The Morgan fingerprint density at radius 1 is 1.03 bits per heavy atom. The smallest absolute Gasteiger partial charge is 0.340 e. The lowest BCUT2D eigenvalue weighted by Crippen LogP contribution is -2.59. The first-order valence-corrected chi connectivity index (χ1v) is 15.4. The van der Waals surface area contributed by atoms with Crippen LogP contribution in [0.4, 0.5) is 0 Å². The van der Waals surface area contributed by atoms with E-state index in [9.17, 15) is 14.7 Å². The van der Waals surface area contributed by atoms with Crippen molar-refractivity contribution in [3.8, 4) is 0 Å². The molecule has 0 aromatic heterocycles. The number of esters is 1. The minimum Gasteiger partial charge on any atom is -0.467 e. The van der Waals surface area contributed by atoms with Crippen LogP contribution < -0.4 is 0 Å². The van der Waals surface area contributed by atoms with Gasteiger partial charge in [-0.2, -0.15) is 0 Å². The predicted octanol–water partition coefficient (Wildman–Crippen LogP) is 6.10. The molecule has 4 fully saturated rings. The molecule has 10 unspecified atom stereocenters. The summed E-state index contributed by atoms with van der Waals surface area (Å²) in [5.74, 6) is 2.18. The largest absolute Gasteiger partial charge is 0.467 e. The lowest BCUT2D eigenvalue weighted by Gasteiger charge is -2.66. The SMILES string of the molecule is COC(=O)C(OC)C(O)OCC12CCC3C(=CCC4C3(C)CCC3C(C)C(=O)CCC34C)C1CC(C)(C)CC2. The Kier molecular flexibility index (Phi) is 7.68. The lowest BCUT2D eigenvalue weighted by molar-refractivity contribution is -0.212. The van der Waals surface area contributed by atoms with Crippen LogP contribution >= 0.6 is 0 Å². The van der Waals surface area contributed by atoms with E-state index in [1.165, 1.54) is 27.1 Å². The zero-order chi connectivity index (χ0) is 28.4. The highest BCUT2D eigenvalue weighted by atomic mass is 16.6. The molecule has 0 radical (unpaired) electrons. The fraction of sp³-hybridized carbons (Fsp3) is 0.879. The third kappa shape index (κ3) is 4.65. The molecule has 10 atom stereocenters. The van der Waals surface area contributed by atoms with Crippen LogP contribution in [-0.4, -0.2) is 50.1 Å². The summed E-state index contributed by atoms with van der Waals surface area (Å²) in [5, 5.41) is 10.8. The second-order valence-electron chi connectivity index (χ2n) is 15.2. The second-order valence-corrected chi connectivity index (χ2v) is 15.2. The van der Waals surface area contributed by atoms with E-state index in [-0.39, 0.29) is 27.6 Å². The van der Waals surface area contributed by atoms with Crippen molar-refractivity contribution in [1.29, 1.82) is 0 Å². The third-order valence-corrected chi connectivity index (χ3v) is 12.9. The first-order valence-electron chi connectivity index (χ1n) is 15.4. The van der Waals surface area contributed by atoms with E-state index in [0.29, 0.717) is 36.1 Å². The van der Waals surface area contributed by atoms with Gasteiger partial charge in [0, 0.05) is 24.9 Å². The van der Waals surface area contributed by atoms with E-state index < -0.39 is 18.4 Å². The van der Waals surface area contributed by atoms with E-state index in [1.807, 2.05) is 0 Å². The molecule has 0 aromatic carbocycles. The molecule has 220 valence electrons. The molecular formula is C33H52O6. The normalized spacial score (nSPS) is 44.6. The van der Waals surface area contributed by atoms with Gasteiger partial charge in [0.05, 0.1) is 13.7 Å². The summed E-state index contributed by atoms with van der Waals surface area (Å²) in [6.45, 7) is 12.5. The van der Waals surface area contributed by atoms with Crippen molar-refractivity contribution in [2.45, 2.75) is 111 Å². The third-order valence-electron chi connectivity index (χ3n) is 12.9. The molecule has 5 aliphatic rings. The van der Waals surface area contributed by atoms with Crippen molar-refractivity contribution in [3.63, 3.8) is 0 Å². The fourth-order valence-electron chi connectivity index (χ4n) is 10.5. The highest BCUT2D eigenvalue weighted by Gasteiger charge is 2.63. The molecule has 0 aliphatic heterocycles. The predicted molar refractivity (Wildman–Crippen MR) is 150 cm³/mol. The maximum Gasteiger partial charge on any atom is 0.340 e. The average Bonchev–Trinajstić information content (AvgIpc) is 2.89. The van der Waals surface area contributed by atoms with Crippen molar-refractivity contribution in [2.24, 2.45) is 51.2 Å². The van der Waals surface area contributed by atoms with Gasteiger partial charge in [0.1, 0.15) is 5.78 Å². The first-order chi connectivity index (χ1) is 18.3. The fourth-order valence-corrected chi connectivity index (χ4v) is 10.5. The topological polar surface area (TPSA) is 82.1 Å². The number of fused-ring (bicyclic) bond motifs is 7. The summed E-state index contributed by atoms with van der Waals surface area (Å²) >= 11 is 0. The number of carbonyl (C=O) groups is 2. The maximum atomic E-state index is 12.7. The number of aliphatic hydroxyl groups is 1. The summed E-state index contributed by atoms with van der Waals surface area (Å²) in [6.07, 6.45) is 11.0. The molecule has 5 rings (SSSR count). The lowest BCUT2D eigenvalue weighted by atomic mass is 9.38. The number of Topliss-reactive ketones (excluding diaryl/α,β-unsaturated/α-hetero) is 1. The monoisotopic (exact) mass is 544 g/mol. The Labute approximate surface area is 235 Å². The molecule has 0 aromatic rings. The van der Waals surface area contributed by atoms with Crippen molar-refractivity contribution < 1.29 is 28.9 Å². The van der Waals surface area contributed by atoms with Crippen LogP contribution in [-0.2, 0) is 23.8 Å². The Hall–Kier alpha value is -1.24. The van der Waals surface area contributed by atoms with Crippen molar-refractivity contribution in [3.05, 3.63) is 11.6 Å². The molecule has 6 nitrogen and oxygen atoms in total. The minimum atomic E-state index is -1.35. The molecule has 0 saturated heterocycles. The summed E-state index contributed by atoms with van der Waals surface area (Å²) in [6, 6.07) is 0. The van der Waals surface area contributed by atoms with Crippen LogP contribution in [0.1, 0.15) is 98.8 Å². The Morgan fingerprint density at radius 2 is 1.77 bits per heavy atom. The molecule has 0 spiro atoms. The van der Waals surface area contributed by atoms with Gasteiger partial charge in [-0.15, -0.1) is 0 Å². The van der Waals surface area contributed by atoms with Gasteiger partial charge >= 0.3 is 5.97 Å². The number of methoxy groups -OCH3 is 2. The standard InChI is InChI=1S/C33H52O6/c1-20-22-10-13-32(5)23-11-15-33(19-39-29(36)27(37-6)28(35)38-7)17-16-30(2,3)18-24(33)21(23)8-9-26(32)31(22,4)14-12-25(20)34/h8,20,22-24,26-27,29,36H,9-19H2,1-7H3. The summed E-state index contributed by atoms with van der Waals surface area (Å²) in [7, 11) is 2.69. The average molecular weight is 545 g/mol. The van der Waals surface area contributed by atoms with Crippen LogP contribution in [0.15, 0.2) is 11.6 Å². The van der Waals surface area contributed by atoms with E-state index in [1.54, 1.807) is 5.57 Å². The highest BCUT2D eigenvalue weighted by molar-refractivity contribution is 5.82. The number of ketones is 1. The van der Waals surface area contributed by atoms with Crippen LogP contribution in [0.5, 0.6) is 0 Å². The van der Waals surface area contributed by atoms with Gasteiger partial charge < -0.3 is 19.3 Å². The van der Waals surface area contributed by atoms with E-state index >= 15 is 0 Å². The molecule has 4 saturated carbocycles. The summed E-state index contributed by atoms with van der Waals surface area (Å²) in [5.41, 5.74) is 2.36. The van der Waals surface area contributed by atoms with Crippen molar-refractivity contribution in [2.75, 3.05) is 20.8 Å². The van der Waals surface area contributed by atoms with Crippen LogP contribution in [0.25, 0.3) is 0 Å². The molecule has 1 N–H and O–H groups in total. The number of hydrogen-bond donors (Lipinski definition) is 1. The zero-order valence-electron chi connectivity index (χ0n) is 25.4. The number of ether oxygens (including phenoxy) is 3. The molecule has 39 heavy (non-hydrogen) atoms. The Balaban J connectivity index is 1.43. The highest BCUT2D eigenvalue weighted by Crippen LogP contribution is 2.70. The van der Waals surface area contributed by atoms with Gasteiger partial charge in [0.15, 0.2) is 6.29 Å². The van der Waals surface area contributed by atoms with Gasteiger partial charge in [0.25, 0.3) is 0 Å². The number of carbonyl (C=O) groups excluding carboxylic acids is 2. The van der Waals surface area contributed by atoms with E-state index in [4.69, 9.17) is 14.2 Å². The summed E-state index contributed by atoms with van der Waals surface area (Å²) in [4.78, 5) is 24.8. The number of hydrogen-bond acceptors (Lipinski definition) is 6. The Bertz CT molecular complexity index is 1000. The van der Waals surface area contributed by atoms with Crippen molar-refractivity contribution in [1.82, 2.24) is 0 Å². The maximum absolute atomic E-state index is 12.7. The van der Waals surface area contributed by atoms with Crippen molar-refractivity contribution >= 4 is 11.8 Å². The van der Waals surface area contributed by atoms with Gasteiger partial charge in [-0.3, -0.25) is 4.79 Å². The molecule has 5 aliphatic carbocycles. The second kappa shape index (κ2) is 10.2. The quantitative estimate of drug-likeness (QED) is 0.247. The molecule has 0 heterocycles. The zero-order valence-corrected chi connectivity index (χ0v) is 25.4. The molecule has 0 bridgehead atoms. The molecule has 0 amide bonds. The molecule has 6 heteroatoms. The van der Waals surface area contributed by atoms with Crippen LogP contribution in [0.3, 0.4) is 0 Å². The number of allylic oxidation sites excluding steroid dienone is 2.